The van der Waals surface area contributed by atoms with Crippen molar-refractivity contribution in [3.8, 4) is 10.6 Å². The molecule has 0 saturated heterocycles. The van der Waals surface area contributed by atoms with Gasteiger partial charge in [0.2, 0.25) is 0 Å². The standard InChI is InChI=1S/C24H20N2O3S/c1-16(23(28)25-20-12-11-17-7-5-6-10-19(17)13-20)29-22(27)14-21-15-30-24(26-21)18-8-3-2-4-9-18/h2-13,15-16H,14H2,1H3,(H,25,28). The predicted molar refractivity (Wildman–Crippen MR) is 119 cm³/mol. The highest BCUT2D eigenvalue weighted by atomic mass is 32.1. The zero-order chi connectivity index (χ0) is 20.9. The Morgan fingerprint density at radius 1 is 1.00 bits per heavy atom. The fraction of sp³-hybridized carbons (Fsp3) is 0.125. The molecule has 1 aromatic heterocycles. The Morgan fingerprint density at radius 2 is 1.73 bits per heavy atom. The van der Waals surface area contributed by atoms with E-state index in [2.05, 4.69) is 10.3 Å². The third-order valence-electron chi connectivity index (χ3n) is 4.59. The fourth-order valence-corrected chi connectivity index (χ4v) is 3.88. The summed E-state index contributed by atoms with van der Waals surface area (Å²) in [5.74, 6) is -0.858. The summed E-state index contributed by atoms with van der Waals surface area (Å²) in [6.07, 6.45) is -0.882. The number of fused-ring (bicyclic) bond motifs is 1. The maximum absolute atomic E-state index is 12.4. The summed E-state index contributed by atoms with van der Waals surface area (Å²) in [7, 11) is 0. The van der Waals surface area contributed by atoms with E-state index in [4.69, 9.17) is 4.74 Å². The topological polar surface area (TPSA) is 68.3 Å². The highest BCUT2D eigenvalue weighted by Crippen LogP contribution is 2.24. The molecule has 0 saturated carbocycles. The first-order chi connectivity index (χ1) is 14.6. The highest BCUT2D eigenvalue weighted by Gasteiger charge is 2.19. The largest absolute Gasteiger partial charge is 0.452 e. The Morgan fingerprint density at radius 3 is 2.53 bits per heavy atom. The van der Waals surface area contributed by atoms with E-state index in [-0.39, 0.29) is 12.3 Å². The predicted octanol–water partition coefficient (Wildman–Crippen LogP) is 5.08. The smallest absolute Gasteiger partial charge is 0.312 e. The number of rotatable bonds is 6. The SMILES string of the molecule is CC(OC(=O)Cc1csc(-c2ccccc2)n1)C(=O)Nc1ccc2ccccc2c1. The van der Waals surface area contributed by atoms with Gasteiger partial charge in [0.15, 0.2) is 6.10 Å². The van der Waals surface area contributed by atoms with Gasteiger partial charge in [-0.2, -0.15) is 0 Å². The van der Waals surface area contributed by atoms with Gasteiger partial charge in [0, 0.05) is 16.6 Å². The van der Waals surface area contributed by atoms with Crippen LogP contribution in [-0.2, 0) is 20.7 Å². The molecule has 3 aromatic carbocycles. The number of anilines is 1. The second-order valence-corrected chi connectivity index (χ2v) is 7.73. The van der Waals surface area contributed by atoms with E-state index in [1.54, 1.807) is 6.92 Å². The molecule has 1 unspecified atom stereocenters. The normalized spacial score (nSPS) is 11.8. The molecule has 4 rings (SSSR count). The average molecular weight is 417 g/mol. The lowest BCUT2D eigenvalue weighted by molar-refractivity contribution is -0.152. The number of ether oxygens (including phenoxy) is 1. The molecule has 30 heavy (non-hydrogen) atoms. The van der Waals surface area contributed by atoms with Crippen molar-refractivity contribution in [2.24, 2.45) is 0 Å². The van der Waals surface area contributed by atoms with Crippen molar-refractivity contribution in [2.75, 3.05) is 5.32 Å². The first kappa shape index (κ1) is 19.8. The van der Waals surface area contributed by atoms with Crippen molar-refractivity contribution < 1.29 is 14.3 Å². The van der Waals surface area contributed by atoms with Crippen LogP contribution in [0.3, 0.4) is 0 Å². The van der Waals surface area contributed by atoms with Gasteiger partial charge >= 0.3 is 5.97 Å². The maximum atomic E-state index is 12.4. The van der Waals surface area contributed by atoms with Crippen LogP contribution in [-0.4, -0.2) is 23.0 Å². The van der Waals surface area contributed by atoms with Crippen LogP contribution in [0.5, 0.6) is 0 Å². The lowest BCUT2D eigenvalue weighted by Gasteiger charge is -2.13. The molecular formula is C24H20N2O3S. The van der Waals surface area contributed by atoms with E-state index in [1.165, 1.54) is 11.3 Å². The van der Waals surface area contributed by atoms with Crippen molar-refractivity contribution in [1.82, 2.24) is 4.98 Å². The van der Waals surface area contributed by atoms with Gasteiger partial charge < -0.3 is 10.1 Å². The summed E-state index contributed by atoms with van der Waals surface area (Å²) in [5.41, 5.74) is 2.30. The zero-order valence-corrected chi connectivity index (χ0v) is 17.2. The number of aromatic nitrogens is 1. The minimum atomic E-state index is -0.906. The van der Waals surface area contributed by atoms with Gasteiger partial charge in [0.05, 0.1) is 12.1 Å². The van der Waals surface area contributed by atoms with Crippen molar-refractivity contribution in [1.29, 1.82) is 0 Å². The van der Waals surface area contributed by atoms with Gasteiger partial charge in [-0.1, -0.05) is 60.7 Å². The first-order valence-electron chi connectivity index (χ1n) is 9.57. The second-order valence-electron chi connectivity index (χ2n) is 6.87. The molecule has 0 fully saturated rings. The number of benzene rings is 3. The Labute approximate surface area is 178 Å². The molecule has 0 bridgehead atoms. The van der Waals surface area contributed by atoms with E-state index < -0.39 is 12.1 Å². The molecule has 1 heterocycles. The molecule has 6 heteroatoms. The molecule has 0 aliphatic heterocycles. The summed E-state index contributed by atoms with van der Waals surface area (Å²) in [6.45, 7) is 1.56. The van der Waals surface area contributed by atoms with Gasteiger partial charge in [-0.15, -0.1) is 11.3 Å². The Balaban J connectivity index is 1.33. The number of esters is 1. The van der Waals surface area contributed by atoms with Gasteiger partial charge in [-0.3, -0.25) is 9.59 Å². The van der Waals surface area contributed by atoms with Crippen molar-refractivity contribution in [2.45, 2.75) is 19.4 Å². The van der Waals surface area contributed by atoms with Crippen LogP contribution in [0.4, 0.5) is 5.69 Å². The van der Waals surface area contributed by atoms with Crippen molar-refractivity contribution >= 4 is 39.7 Å². The molecule has 1 amide bonds. The summed E-state index contributed by atoms with van der Waals surface area (Å²) in [4.78, 5) is 29.2. The molecule has 0 radical (unpaired) electrons. The van der Waals surface area contributed by atoms with Gasteiger partial charge in [0.25, 0.3) is 5.91 Å². The molecule has 0 aliphatic carbocycles. The molecule has 5 nitrogen and oxygen atoms in total. The Bertz CT molecular complexity index is 1190. The van der Waals surface area contributed by atoms with E-state index in [0.29, 0.717) is 11.4 Å². The number of hydrogen-bond acceptors (Lipinski definition) is 5. The third-order valence-corrected chi connectivity index (χ3v) is 5.53. The van der Waals surface area contributed by atoms with E-state index in [1.807, 2.05) is 78.2 Å². The number of hydrogen-bond donors (Lipinski definition) is 1. The molecule has 0 spiro atoms. The van der Waals surface area contributed by atoms with Crippen LogP contribution < -0.4 is 5.32 Å². The summed E-state index contributed by atoms with van der Waals surface area (Å²) < 4.78 is 5.30. The summed E-state index contributed by atoms with van der Waals surface area (Å²) in [5, 5.41) is 7.60. The van der Waals surface area contributed by atoms with Crippen LogP contribution in [0.15, 0.2) is 78.2 Å². The van der Waals surface area contributed by atoms with E-state index in [0.717, 1.165) is 21.3 Å². The van der Waals surface area contributed by atoms with Crippen LogP contribution in [0.1, 0.15) is 12.6 Å². The average Bonchev–Trinajstić information content (AvgIpc) is 3.22. The van der Waals surface area contributed by atoms with Crippen LogP contribution in [0, 0.1) is 0 Å². The number of thiazole rings is 1. The van der Waals surface area contributed by atoms with Gasteiger partial charge in [-0.25, -0.2) is 4.98 Å². The van der Waals surface area contributed by atoms with Crippen LogP contribution in [0.2, 0.25) is 0 Å². The molecule has 0 aliphatic rings. The van der Waals surface area contributed by atoms with E-state index >= 15 is 0 Å². The van der Waals surface area contributed by atoms with Crippen LogP contribution in [0.25, 0.3) is 21.3 Å². The minimum Gasteiger partial charge on any atom is -0.452 e. The summed E-state index contributed by atoms with van der Waals surface area (Å²) >= 11 is 1.47. The molecule has 1 atom stereocenters. The highest BCUT2D eigenvalue weighted by molar-refractivity contribution is 7.13. The Kier molecular flexibility index (Phi) is 5.86. The fourth-order valence-electron chi connectivity index (χ4n) is 3.05. The van der Waals surface area contributed by atoms with Crippen molar-refractivity contribution in [3.63, 3.8) is 0 Å². The molecule has 4 aromatic rings. The van der Waals surface area contributed by atoms with Crippen molar-refractivity contribution in [3.05, 3.63) is 83.9 Å². The lowest BCUT2D eigenvalue weighted by atomic mass is 10.1. The molecule has 150 valence electrons. The summed E-state index contributed by atoms with van der Waals surface area (Å²) in [6, 6.07) is 23.3. The number of amides is 1. The number of nitrogens with one attached hydrogen (secondary N) is 1. The molecule has 1 N–H and O–H groups in total. The second kappa shape index (κ2) is 8.88. The first-order valence-corrected chi connectivity index (χ1v) is 10.5. The van der Waals surface area contributed by atoms with Crippen LogP contribution >= 0.6 is 11.3 Å². The number of carbonyl (C=O) groups is 2. The van der Waals surface area contributed by atoms with E-state index in [9.17, 15) is 9.59 Å². The Hall–Kier alpha value is -3.51. The molecular weight excluding hydrogens is 396 g/mol. The monoisotopic (exact) mass is 416 g/mol. The van der Waals surface area contributed by atoms with Gasteiger partial charge in [-0.05, 0) is 29.8 Å². The minimum absolute atomic E-state index is 0.0247. The number of carbonyl (C=O) groups excluding carboxylic acids is 2. The number of nitrogens with zero attached hydrogens (tertiary/aromatic N) is 1. The third kappa shape index (κ3) is 4.72. The zero-order valence-electron chi connectivity index (χ0n) is 16.4. The van der Waals surface area contributed by atoms with Gasteiger partial charge in [0.1, 0.15) is 5.01 Å². The quantitative estimate of drug-likeness (QED) is 0.445. The lowest BCUT2D eigenvalue weighted by Crippen LogP contribution is -2.30. The maximum Gasteiger partial charge on any atom is 0.312 e.